The summed E-state index contributed by atoms with van der Waals surface area (Å²) in [5.74, 6) is -0.768. The predicted octanol–water partition coefficient (Wildman–Crippen LogP) is 4.91. The summed E-state index contributed by atoms with van der Waals surface area (Å²) in [5.41, 5.74) is 1.63. The molecule has 152 valence electrons. The fraction of sp³-hybridized carbons (Fsp3) is 0.200. The van der Waals surface area contributed by atoms with Gasteiger partial charge in [-0.1, -0.05) is 73.1 Å². The van der Waals surface area contributed by atoms with Gasteiger partial charge in [0.25, 0.3) is 5.91 Å². The van der Waals surface area contributed by atoms with Crippen LogP contribution in [0.5, 0.6) is 0 Å². The van der Waals surface area contributed by atoms with E-state index in [1.54, 1.807) is 42.5 Å². The molecule has 0 bridgehead atoms. The van der Waals surface area contributed by atoms with Crippen LogP contribution in [0.25, 0.3) is 0 Å². The Morgan fingerprint density at radius 3 is 2.43 bits per heavy atom. The Hall–Kier alpha value is -2.95. The lowest BCUT2D eigenvalue weighted by Crippen LogP contribution is -2.41. The van der Waals surface area contributed by atoms with Gasteiger partial charge in [-0.3, -0.25) is 9.59 Å². The summed E-state index contributed by atoms with van der Waals surface area (Å²) in [4.78, 5) is 27.8. The number of hydrogen-bond donors (Lipinski definition) is 1. The van der Waals surface area contributed by atoms with E-state index in [1.807, 2.05) is 37.3 Å². The first-order valence-electron chi connectivity index (χ1n) is 9.93. The molecule has 1 aliphatic heterocycles. The summed E-state index contributed by atoms with van der Waals surface area (Å²) in [6.45, 7) is 2.31. The largest absolute Gasteiger partial charge is 0.375 e. The number of Topliss-reactive ketones (excluding diaryl/α,β-unsaturated/α-hetero) is 1. The molecule has 5 heteroatoms. The number of carbonyl (C=O) groups excluding carboxylic acids is 2. The molecule has 3 aromatic rings. The third-order valence-electron chi connectivity index (χ3n) is 5.57. The number of ketones is 1. The van der Waals surface area contributed by atoms with E-state index in [1.165, 1.54) is 4.90 Å². The number of benzene rings is 3. The van der Waals surface area contributed by atoms with Crippen LogP contribution in [0.3, 0.4) is 0 Å². The average molecular weight is 420 g/mol. The Balaban J connectivity index is 1.65. The quantitative estimate of drug-likeness (QED) is 0.577. The lowest BCUT2D eigenvalue weighted by molar-refractivity contribution is -0.136. The summed E-state index contributed by atoms with van der Waals surface area (Å²) in [6.07, 6.45) is 0.573. The number of aliphatic hydroxyl groups is 1. The van der Waals surface area contributed by atoms with E-state index in [-0.39, 0.29) is 18.7 Å². The number of aryl methyl sites for hydroxylation is 1. The minimum atomic E-state index is -1.89. The molecule has 0 spiro atoms. The van der Waals surface area contributed by atoms with Gasteiger partial charge in [-0.05, 0) is 35.7 Å². The van der Waals surface area contributed by atoms with Gasteiger partial charge in [0.05, 0.1) is 18.7 Å². The van der Waals surface area contributed by atoms with E-state index >= 15 is 0 Å². The molecule has 0 aromatic heterocycles. The first kappa shape index (κ1) is 20.3. The fourth-order valence-corrected chi connectivity index (χ4v) is 4.13. The Bertz CT molecular complexity index is 1110. The van der Waals surface area contributed by atoms with Crippen LogP contribution in [0, 0.1) is 0 Å². The molecule has 1 amide bonds. The Morgan fingerprint density at radius 1 is 1.00 bits per heavy atom. The number of nitrogens with zero attached hydrogens (tertiary/aromatic N) is 1. The van der Waals surface area contributed by atoms with Gasteiger partial charge in [-0.15, -0.1) is 0 Å². The van der Waals surface area contributed by atoms with Crippen LogP contribution in [0.1, 0.15) is 40.4 Å². The van der Waals surface area contributed by atoms with Gasteiger partial charge in [-0.2, -0.15) is 0 Å². The molecule has 0 unspecified atom stereocenters. The van der Waals surface area contributed by atoms with Crippen molar-refractivity contribution in [2.75, 3.05) is 4.90 Å². The number of anilines is 1. The van der Waals surface area contributed by atoms with Crippen LogP contribution in [0.15, 0.2) is 72.8 Å². The molecule has 1 heterocycles. The van der Waals surface area contributed by atoms with E-state index in [2.05, 4.69) is 0 Å². The first-order chi connectivity index (χ1) is 14.4. The molecule has 1 N–H and O–H groups in total. The standard InChI is InChI=1S/C25H22ClNO3/c1-2-17-10-12-19(13-11-17)23(28)15-25(30)21-8-3-4-9-22(21)27(24(25)29)16-18-6-5-7-20(26)14-18/h3-14,30H,2,15-16H2,1H3/t25-/m0/s1. The van der Waals surface area contributed by atoms with Crippen molar-refractivity contribution in [2.45, 2.75) is 31.9 Å². The van der Waals surface area contributed by atoms with Crippen molar-refractivity contribution in [3.8, 4) is 0 Å². The van der Waals surface area contributed by atoms with E-state index in [9.17, 15) is 14.7 Å². The Kier molecular flexibility index (Phi) is 5.46. The zero-order valence-corrected chi connectivity index (χ0v) is 17.4. The number of fused-ring (bicyclic) bond motifs is 1. The van der Waals surface area contributed by atoms with Crippen LogP contribution in [0.2, 0.25) is 5.02 Å². The van der Waals surface area contributed by atoms with Crippen molar-refractivity contribution in [2.24, 2.45) is 0 Å². The average Bonchev–Trinajstić information content (AvgIpc) is 2.96. The lowest BCUT2D eigenvalue weighted by atomic mass is 9.88. The molecule has 4 nitrogen and oxygen atoms in total. The third-order valence-corrected chi connectivity index (χ3v) is 5.80. The van der Waals surface area contributed by atoms with Crippen molar-refractivity contribution in [1.29, 1.82) is 0 Å². The Morgan fingerprint density at radius 2 is 1.73 bits per heavy atom. The number of carbonyl (C=O) groups is 2. The van der Waals surface area contributed by atoms with Crippen LogP contribution in [-0.2, 0) is 23.4 Å². The molecular weight excluding hydrogens is 398 g/mol. The maximum atomic E-state index is 13.3. The third kappa shape index (κ3) is 3.64. The summed E-state index contributed by atoms with van der Waals surface area (Å²) in [5, 5.41) is 12.0. The summed E-state index contributed by atoms with van der Waals surface area (Å²) in [6, 6.07) is 21.6. The minimum Gasteiger partial charge on any atom is -0.375 e. The molecule has 0 saturated carbocycles. The number of rotatable bonds is 6. The van der Waals surface area contributed by atoms with Gasteiger partial charge >= 0.3 is 0 Å². The number of halogens is 1. The molecule has 0 saturated heterocycles. The highest BCUT2D eigenvalue weighted by Crippen LogP contribution is 2.43. The minimum absolute atomic E-state index is 0.262. The van der Waals surface area contributed by atoms with Gasteiger partial charge < -0.3 is 10.0 Å². The van der Waals surface area contributed by atoms with Gasteiger partial charge in [0.2, 0.25) is 0 Å². The normalized spacial score (nSPS) is 17.8. The van der Waals surface area contributed by atoms with E-state index in [0.717, 1.165) is 17.5 Å². The number of hydrogen-bond acceptors (Lipinski definition) is 3. The lowest BCUT2D eigenvalue weighted by Gasteiger charge is -2.23. The molecule has 0 fully saturated rings. The highest BCUT2D eigenvalue weighted by atomic mass is 35.5. The molecule has 4 rings (SSSR count). The van der Waals surface area contributed by atoms with Gasteiger partial charge in [0, 0.05) is 16.1 Å². The fourth-order valence-electron chi connectivity index (χ4n) is 3.91. The second-order valence-corrected chi connectivity index (χ2v) is 7.99. The maximum absolute atomic E-state index is 13.3. The van der Waals surface area contributed by atoms with E-state index in [4.69, 9.17) is 11.6 Å². The molecular formula is C25H22ClNO3. The van der Waals surface area contributed by atoms with Crippen molar-refractivity contribution in [3.63, 3.8) is 0 Å². The van der Waals surface area contributed by atoms with Crippen molar-refractivity contribution >= 4 is 29.0 Å². The molecule has 30 heavy (non-hydrogen) atoms. The second-order valence-electron chi connectivity index (χ2n) is 7.55. The smallest absolute Gasteiger partial charge is 0.264 e. The SMILES string of the molecule is CCc1ccc(C(=O)C[C@@]2(O)C(=O)N(Cc3cccc(Cl)c3)c3ccccc32)cc1. The predicted molar refractivity (Wildman–Crippen MR) is 118 cm³/mol. The van der Waals surface area contributed by atoms with Crippen LogP contribution >= 0.6 is 11.6 Å². The van der Waals surface area contributed by atoms with E-state index in [0.29, 0.717) is 21.8 Å². The molecule has 1 aliphatic rings. The Labute approximate surface area is 180 Å². The van der Waals surface area contributed by atoms with Crippen LogP contribution < -0.4 is 4.90 Å². The molecule has 0 radical (unpaired) electrons. The van der Waals surface area contributed by atoms with Gasteiger partial charge in [0.15, 0.2) is 11.4 Å². The topological polar surface area (TPSA) is 57.6 Å². The monoisotopic (exact) mass is 419 g/mol. The second kappa shape index (κ2) is 8.05. The van der Waals surface area contributed by atoms with Crippen molar-refractivity contribution in [1.82, 2.24) is 0 Å². The highest BCUT2D eigenvalue weighted by Gasteiger charge is 2.50. The van der Waals surface area contributed by atoms with Crippen molar-refractivity contribution < 1.29 is 14.7 Å². The molecule has 1 atom stereocenters. The number of para-hydroxylation sites is 1. The summed E-state index contributed by atoms with van der Waals surface area (Å²) >= 11 is 6.08. The highest BCUT2D eigenvalue weighted by molar-refractivity contribution is 6.30. The van der Waals surface area contributed by atoms with Gasteiger partial charge in [0.1, 0.15) is 0 Å². The van der Waals surface area contributed by atoms with Crippen LogP contribution in [-0.4, -0.2) is 16.8 Å². The maximum Gasteiger partial charge on any atom is 0.264 e. The zero-order chi connectivity index (χ0) is 21.3. The first-order valence-corrected chi connectivity index (χ1v) is 10.3. The van der Waals surface area contributed by atoms with E-state index < -0.39 is 11.5 Å². The van der Waals surface area contributed by atoms with Crippen molar-refractivity contribution in [3.05, 3.63) is 100 Å². The zero-order valence-electron chi connectivity index (χ0n) is 16.6. The molecule has 0 aliphatic carbocycles. The molecule has 3 aromatic carbocycles. The van der Waals surface area contributed by atoms with Crippen LogP contribution in [0.4, 0.5) is 5.69 Å². The summed E-state index contributed by atoms with van der Waals surface area (Å²) < 4.78 is 0. The van der Waals surface area contributed by atoms with Gasteiger partial charge in [-0.25, -0.2) is 0 Å². The summed E-state index contributed by atoms with van der Waals surface area (Å²) in [7, 11) is 0. The number of amides is 1.